The first-order valence-electron chi connectivity index (χ1n) is 11.6. The number of aromatic nitrogens is 4. The molecule has 34 heavy (non-hydrogen) atoms. The van der Waals surface area contributed by atoms with Gasteiger partial charge in [-0.2, -0.15) is 15.0 Å². The van der Waals surface area contributed by atoms with Gasteiger partial charge in [0.05, 0.1) is 27.2 Å². The van der Waals surface area contributed by atoms with Crippen molar-refractivity contribution in [1.29, 1.82) is 0 Å². The van der Waals surface area contributed by atoms with E-state index in [9.17, 15) is 4.79 Å². The second-order valence-corrected chi connectivity index (χ2v) is 7.97. The molecule has 0 aliphatic rings. The van der Waals surface area contributed by atoms with Crippen LogP contribution in [0.2, 0.25) is 0 Å². The van der Waals surface area contributed by atoms with Crippen molar-refractivity contribution < 1.29 is 19.0 Å². The van der Waals surface area contributed by atoms with Crippen LogP contribution in [0.3, 0.4) is 0 Å². The van der Waals surface area contributed by atoms with E-state index in [2.05, 4.69) is 27.2 Å². The Morgan fingerprint density at radius 3 is 2.71 bits per heavy atom. The van der Waals surface area contributed by atoms with Gasteiger partial charge in [0.2, 0.25) is 0 Å². The van der Waals surface area contributed by atoms with E-state index >= 15 is 0 Å². The van der Waals surface area contributed by atoms with Crippen molar-refractivity contribution >= 4 is 23.0 Å². The largest absolute Gasteiger partial charge is 0.469 e. The molecule has 0 aliphatic carbocycles. The topological polar surface area (TPSA) is 126 Å². The lowest BCUT2D eigenvalue weighted by Crippen LogP contribution is -2.16. The summed E-state index contributed by atoms with van der Waals surface area (Å²) < 4.78 is 17.7. The van der Waals surface area contributed by atoms with E-state index in [0.29, 0.717) is 30.3 Å². The van der Waals surface area contributed by atoms with Gasteiger partial charge in [-0.1, -0.05) is 37.6 Å². The molecule has 3 N–H and O–H groups in total. The van der Waals surface area contributed by atoms with E-state index in [1.807, 2.05) is 28.8 Å². The molecule has 2 aromatic heterocycles. The number of ether oxygens (including phenoxy) is 3. The van der Waals surface area contributed by atoms with Gasteiger partial charge >= 0.3 is 12.0 Å². The van der Waals surface area contributed by atoms with E-state index in [-0.39, 0.29) is 24.2 Å². The third-order valence-corrected chi connectivity index (χ3v) is 5.36. The van der Waals surface area contributed by atoms with E-state index in [1.165, 1.54) is 7.11 Å². The highest BCUT2D eigenvalue weighted by molar-refractivity contribution is 5.83. The van der Waals surface area contributed by atoms with Crippen LogP contribution < -0.4 is 20.5 Å². The Balaban J connectivity index is 1.53. The van der Waals surface area contributed by atoms with E-state index < -0.39 is 0 Å². The van der Waals surface area contributed by atoms with Crippen molar-refractivity contribution in [3.8, 4) is 12.0 Å². The fraction of sp³-hybridized carbons (Fsp3) is 0.500. The van der Waals surface area contributed by atoms with Gasteiger partial charge in [-0.05, 0) is 36.9 Å². The summed E-state index contributed by atoms with van der Waals surface area (Å²) in [6, 6.07) is 8.67. The van der Waals surface area contributed by atoms with Crippen LogP contribution in [-0.2, 0) is 29.0 Å². The van der Waals surface area contributed by atoms with Crippen LogP contribution in [-0.4, -0.2) is 52.9 Å². The van der Waals surface area contributed by atoms with Gasteiger partial charge < -0.3 is 25.3 Å². The molecule has 0 spiro atoms. The number of esters is 1. The summed E-state index contributed by atoms with van der Waals surface area (Å²) in [5.74, 6) is 0.0453. The maximum absolute atomic E-state index is 11.5. The summed E-state index contributed by atoms with van der Waals surface area (Å²) in [4.78, 5) is 24.7. The predicted molar refractivity (Wildman–Crippen MR) is 130 cm³/mol. The number of carbonyl (C=O) groups excluding carboxylic acids is 1. The van der Waals surface area contributed by atoms with Gasteiger partial charge in [0, 0.05) is 13.1 Å². The Kier molecular flexibility index (Phi) is 9.45. The molecule has 184 valence electrons. The summed E-state index contributed by atoms with van der Waals surface area (Å²) in [6.45, 7) is 4.90. The molecule has 2 heterocycles. The second kappa shape index (κ2) is 12.7. The number of carbonyl (C=O) groups is 1. The molecule has 0 aliphatic heterocycles. The van der Waals surface area contributed by atoms with Crippen LogP contribution in [0.1, 0.15) is 43.7 Å². The number of hydrogen-bond acceptors (Lipinski definition) is 9. The lowest BCUT2D eigenvalue weighted by atomic mass is 10.1. The Morgan fingerprint density at radius 2 is 1.94 bits per heavy atom. The van der Waals surface area contributed by atoms with Crippen molar-refractivity contribution in [2.45, 2.75) is 52.1 Å². The molecule has 3 aromatic rings. The zero-order chi connectivity index (χ0) is 24.3. The zero-order valence-electron chi connectivity index (χ0n) is 20.2. The molecule has 3 rings (SSSR count). The molecule has 0 saturated carbocycles. The summed E-state index contributed by atoms with van der Waals surface area (Å²) in [5.41, 5.74) is 9.31. The van der Waals surface area contributed by atoms with Crippen LogP contribution in [0.25, 0.3) is 11.2 Å². The number of benzene rings is 1. The summed E-state index contributed by atoms with van der Waals surface area (Å²) in [6.07, 6.45) is 4.08. The molecule has 0 amide bonds. The van der Waals surface area contributed by atoms with Crippen molar-refractivity contribution in [2.75, 3.05) is 33.1 Å². The average molecular weight is 471 g/mol. The molecule has 10 nitrogen and oxygen atoms in total. The van der Waals surface area contributed by atoms with Gasteiger partial charge in [0.1, 0.15) is 0 Å². The van der Waals surface area contributed by atoms with E-state index in [0.717, 1.165) is 49.9 Å². The Morgan fingerprint density at radius 1 is 1.12 bits per heavy atom. The molecule has 1 aromatic carbocycles. The summed E-state index contributed by atoms with van der Waals surface area (Å²) >= 11 is 0. The Bertz CT molecular complexity index is 1080. The SMILES string of the molecule is CCCCOc1nc(N)c2nc(OC)n(CCCCNCc3cccc(CC(=O)OC)c3)c2n1. The average Bonchev–Trinajstić information content (AvgIpc) is 3.19. The lowest BCUT2D eigenvalue weighted by molar-refractivity contribution is -0.139. The number of anilines is 1. The zero-order valence-corrected chi connectivity index (χ0v) is 20.2. The molecule has 10 heteroatoms. The number of nitrogens with one attached hydrogen (secondary N) is 1. The van der Waals surface area contributed by atoms with Crippen LogP contribution in [0.4, 0.5) is 5.82 Å². The highest BCUT2D eigenvalue weighted by Gasteiger charge is 2.17. The maximum Gasteiger partial charge on any atom is 0.320 e. The lowest BCUT2D eigenvalue weighted by Gasteiger charge is -2.09. The highest BCUT2D eigenvalue weighted by Crippen LogP contribution is 2.25. The van der Waals surface area contributed by atoms with Gasteiger partial charge in [-0.3, -0.25) is 9.36 Å². The maximum atomic E-state index is 11.5. The first kappa shape index (κ1) is 25.2. The van der Waals surface area contributed by atoms with Gasteiger partial charge in [0.15, 0.2) is 17.0 Å². The number of hydrogen-bond donors (Lipinski definition) is 2. The number of unbranched alkanes of at least 4 members (excludes halogenated alkanes) is 2. The third-order valence-electron chi connectivity index (χ3n) is 5.36. The quantitative estimate of drug-likeness (QED) is 0.270. The molecule has 0 radical (unpaired) electrons. The number of methoxy groups -OCH3 is 2. The summed E-state index contributed by atoms with van der Waals surface area (Å²) in [7, 11) is 2.98. The highest BCUT2D eigenvalue weighted by atomic mass is 16.5. The number of nitrogens with two attached hydrogens (primary N) is 1. The minimum atomic E-state index is -0.237. The van der Waals surface area contributed by atoms with Gasteiger partial charge in [-0.15, -0.1) is 0 Å². The molecular formula is C24H34N6O4. The fourth-order valence-corrected chi connectivity index (χ4v) is 3.55. The third kappa shape index (κ3) is 6.80. The fourth-order valence-electron chi connectivity index (χ4n) is 3.55. The minimum Gasteiger partial charge on any atom is -0.469 e. The molecular weight excluding hydrogens is 436 g/mol. The first-order valence-corrected chi connectivity index (χ1v) is 11.6. The van der Waals surface area contributed by atoms with Crippen LogP contribution in [0.15, 0.2) is 24.3 Å². The minimum absolute atomic E-state index is 0.237. The Hall–Kier alpha value is -3.40. The normalized spacial score (nSPS) is 11.0. The number of nitrogen functional groups attached to an aromatic ring is 1. The molecule has 0 bridgehead atoms. The van der Waals surface area contributed by atoms with Crippen molar-refractivity contribution in [1.82, 2.24) is 24.8 Å². The van der Waals surface area contributed by atoms with Crippen LogP contribution in [0, 0.1) is 0 Å². The van der Waals surface area contributed by atoms with Gasteiger partial charge in [-0.25, -0.2) is 0 Å². The van der Waals surface area contributed by atoms with E-state index in [1.54, 1.807) is 7.11 Å². The molecule has 0 unspecified atom stereocenters. The predicted octanol–water partition coefficient (Wildman–Crippen LogP) is 2.88. The molecule has 0 atom stereocenters. The smallest absolute Gasteiger partial charge is 0.320 e. The summed E-state index contributed by atoms with van der Waals surface area (Å²) in [5, 5.41) is 3.45. The number of fused-ring (bicyclic) bond motifs is 1. The van der Waals surface area contributed by atoms with Crippen LogP contribution >= 0.6 is 0 Å². The Labute approximate surface area is 199 Å². The van der Waals surface area contributed by atoms with Gasteiger partial charge in [0.25, 0.3) is 6.01 Å². The number of imidazole rings is 1. The van der Waals surface area contributed by atoms with Crippen LogP contribution in [0.5, 0.6) is 12.0 Å². The van der Waals surface area contributed by atoms with Crippen molar-refractivity contribution in [2.24, 2.45) is 0 Å². The molecule has 0 fully saturated rings. The van der Waals surface area contributed by atoms with E-state index in [4.69, 9.17) is 19.9 Å². The first-order chi connectivity index (χ1) is 16.5. The van der Waals surface area contributed by atoms with Crippen molar-refractivity contribution in [3.05, 3.63) is 35.4 Å². The number of aryl methyl sites for hydroxylation is 1. The standard InChI is InChI=1S/C24H34N6O4/c1-4-5-13-34-23-28-21(25)20-22(29-23)30(24(27-20)33-3)12-7-6-11-26-16-18-10-8-9-17(14-18)15-19(31)32-2/h8-10,14,26H,4-7,11-13,15-16H2,1-3H3,(H2,25,28,29). The second-order valence-electron chi connectivity index (χ2n) is 7.97. The monoisotopic (exact) mass is 470 g/mol. The van der Waals surface area contributed by atoms with Crippen molar-refractivity contribution in [3.63, 3.8) is 0 Å². The number of rotatable bonds is 14. The molecule has 0 saturated heterocycles. The number of nitrogens with zero attached hydrogens (tertiary/aromatic N) is 4.